The summed E-state index contributed by atoms with van der Waals surface area (Å²) in [4.78, 5) is 17.9. The summed E-state index contributed by atoms with van der Waals surface area (Å²) in [7, 11) is 0. The maximum atomic E-state index is 12.4. The Balaban J connectivity index is 1.73. The third kappa shape index (κ3) is 3.23. The number of esters is 1. The van der Waals surface area contributed by atoms with Gasteiger partial charge >= 0.3 is 5.97 Å². The molecule has 2 heterocycles. The van der Waals surface area contributed by atoms with Crippen molar-refractivity contribution in [3.63, 3.8) is 0 Å². The number of aromatic nitrogens is 1. The van der Waals surface area contributed by atoms with Gasteiger partial charge in [0, 0.05) is 11.6 Å². The molecule has 2 aromatic heterocycles. The molecule has 5 nitrogen and oxygen atoms in total. The minimum Gasteiger partial charge on any atom is -0.482 e. The van der Waals surface area contributed by atoms with Crippen LogP contribution in [0.15, 0.2) is 28.8 Å². The number of rotatable bonds is 5. The molecule has 0 bridgehead atoms. The Morgan fingerprint density at radius 1 is 1.30 bits per heavy atom. The van der Waals surface area contributed by atoms with Crippen LogP contribution >= 0.6 is 11.3 Å². The number of carbonyl (C=O) groups is 1. The van der Waals surface area contributed by atoms with Gasteiger partial charge in [0.25, 0.3) is 0 Å². The molecule has 0 aliphatic heterocycles. The van der Waals surface area contributed by atoms with Gasteiger partial charge in [-0.25, -0.2) is 9.78 Å². The van der Waals surface area contributed by atoms with Crippen LogP contribution in [0.5, 0.6) is 5.75 Å². The van der Waals surface area contributed by atoms with Gasteiger partial charge in [0.1, 0.15) is 28.3 Å². The van der Waals surface area contributed by atoms with Gasteiger partial charge in [0.05, 0.1) is 16.5 Å². The Morgan fingerprint density at radius 3 is 2.74 bits per heavy atom. The summed E-state index contributed by atoms with van der Waals surface area (Å²) in [5.74, 6) is 0.940. The normalized spacial score (nSPS) is 16.0. The third-order valence-electron chi connectivity index (χ3n) is 5.11. The number of aryl methyl sites for hydroxylation is 2. The Bertz CT molecular complexity index is 981. The quantitative estimate of drug-likeness (QED) is 0.540. The average Bonchev–Trinajstić information content (AvgIpc) is 3.34. The van der Waals surface area contributed by atoms with E-state index in [0.717, 1.165) is 41.8 Å². The minimum atomic E-state index is -0.362. The molecule has 0 spiro atoms. The molecule has 27 heavy (non-hydrogen) atoms. The first-order valence-electron chi connectivity index (χ1n) is 9.34. The van der Waals surface area contributed by atoms with Gasteiger partial charge in [0.2, 0.25) is 0 Å². The van der Waals surface area contributed by atoms with Crippen LogP contribution in [0, 0.1) is 13.8 Å². The van der Waals surface area contributed by atoms with Crippen molar-refractivity contribution in [2.75, 3.05) is 6.61 Å². The number of thiazole rings is 1. The number of hydrogen-bond donors (Lipinski definition) is 0. The molecule has 3 aromatic rings. The van der Waals surface area contributed by atoms with Crippen molar-refractivity contribution in [2.24, 2.45) is 0 Å². The number of fused-ring (bicyclic) bond motifs is 1. The maximum absolute atomic E-state index is 12.4. The molecule has 1 aliphatic rings. The van der Waals surface area contributed by atoms with Crippen LogP contribution < -0.4 is 4.74 Å². The van der Waals surface area contributed by atoms with E-state index in [4.69, 9.17) is 13.9 Å². The second kappa shape index (κ2) is 7.00. The molecule has 1 saturated carbocycles. The van der Waals surface area contributed by atoms with Crippen molar-refractivity contribution in [2.45, 2.75) is 52.1 Å². The van der Waals surface area contributed by atoms with E-state index < -0.39 is 0 Å². The highest BCUT2D eigenvalue weighted by atomic mass is 32.1. The smallest absolute Gasteiger partial charge is 0.342 e. The van der Waals surface area contributed by atoms with Gasteiger partial charge in [0.15, 0.2) is 0 Å². The molecule has 1 aliphatic carbocycles. The van der Waals surface area contributed by atoms with Crippen molar-refractivity contribution < 1.29 is 18.7 Å². The number of ether oxygens (including phenoxy) is 2. The summed E-state index contributed by atoms with van der Waals surface area (Å²) < 4.78 is 17.5. The lowest BCUT2D eigenvalue weighted by atomic mass is 10.0. The van der Waals surface area contributed by atoms with E-state index in [-0.39, 0.29) is 11.6 Å². The molecule has 4 rings (SSSR count). The Kier molecular flexibility index (Phi) is 4.68. The van der Waals surface area contributed by atoms with Crippen LogP contribution in [0.2, 0.25) is 0 Å². The van der Waals surface area contributed by atoms with Crippen LogP contribution in [0.4, 0.5) is 0 Å². The topological polar surface area (TPSA) is 61.6 Å². The summed E-state index contributed by atoms with van der Waals surface area (Å²) in [5.41, 5.74) is 0.811. The molecule has 0 unspecified atom stereocenters. The fourth-order valence-corrected chi connectivity index (χ4v) is 4.82. The van der Waals surface area contributed by atoms with Gasteiger partial charge in [-0.3, -0.25) is 0 Å². The van der Waals surface area contributed by atoms with Crippen molar-refractivity contribution >= 4 is 28.3 Å². The molecule has 1 aromatic carbocycles. The summed E-state index contributed by atoms with van der Waals surface area (Å²) in [6, 6.07) is 5.67. The van der Waals surface area contributed by atoms with E-state index in [1.807, 2.05) is 31.3 Å². The first-order chi connectivity index (χ1) is 13.0. The zero-order valence-corrected chi connectivity index (χ0v) is 16.6. The molecule has 6 heteroatoms. The molecular weight excluding hydrogens is 362 g/mol. The fourth-order valence-electron chi connectivity index (χ4n) is 3.86. The zero-order valence-electron chi connectivity index (χ0n) is 15.8. The largest absolute Gasteiger partial charge is 0.482 e. The van der Waals surface area contributed by atoms with Crippen LogP contribution in [-0.4, -0.2) is 17.6 Å². The first-order valence-corrected chi connectivity index (χ1v) is 10.2. The zero-order chi connectivity index (χ0) is 19.0. The lowest BCUT2D eigenvalue weighted by Crippen LogP contribution is -2.28. The maximum Gasteiger partial charge on any atom is 0.342 e. The minimum absolute atomic E-state index is 0.328. The summed E-state index contributed by atoms with van der Waals surface area (Å²) in [5, 5.41) is 1.78. The Morgan fingerprint density at radius 2 is 2.07 bits per heavy atom. The second-order valence-electron chi connectivity index (χ2n) is 6.96. The molecular formula is C21H23NO4S. The van der Waals surface area contributed by atoms with Crippen molar-refractivity contribution in [1.82, 2.24) is 4.98 Å². The third-order valence-corrected chi connectivity index (χ3v) is 6.21. The van der Waals surface area contributed by atoms with Gasteiger partial charge in [-0.05, 0) is 64.7 Å². The molecule has 0 saturated heterocycles. The molecule has 0 atom stereocenters. The SMILES string of the molecule is CCOC(=O)c1c(C)oc2ccc(OC3(c4cnc(C)s4)CCCC3)cc12. The molecule has 0 radical (unpaired) electrons. The Labute approximate surface area is 162 Å². The lowest BCUT2D eigenvalue weighted by molar-refractivity contribution is 0.0526. The van der Waals surface area contributed by atoms with Crippen molar-refractivity contribution in [3.8, 4) is 5.75 Å². The highest BCUT2D eigenvalue weighted by Gasteiger charge is 2.40. The highest BCUT2D eigenvalue weighted by Crippen LogP contribution is 2.45. The molecule has 1 fully saturated rings. The number of furan rings is 1. The van der Waals surface area contributed by atoms with E-state index in [1.165, 1.54) is 4.88 Å². The van der Waals surface area contributed by atoms with Crippen molar-refractivity contribution in [1.29, 1.82) is 0 Å². The van der Waals surface area contributed by atoms with Gasteiger partial charge in [-0.1, -0.05) is 0 Å². The standard InChI is InChI=1S/C21H23NO4S/c1-4-24-20(23)19-13(2)25-17-8-7-15(11-16(17)19)26-21(9-5-6-10-21)18-12-22-14(3)27-18/h7-8,11-12H,4-6,9-10H2,1-3H3. The summed E-state index contributed by atoms with van der Waals surface area (Å²) in [6.07, 6.45) is 6.16. The number of benzene rings is 1. The van der Waals surface area contributed by atoms with Gasteiger partial charge < -0.3 is 13.9 Å². The van der Waals surface area contributed by atoms with Crippen LogP contribution in [0.3, 0.4) is 0 Å². The van der Waals surface area contributed by atoms with E-state index in [9.17, 15) is 4.79 Å². The van der Waals surface area contributed by atoms with Crippen LogP contribution in [0.1, 0.15) is 58.6 Å². The van der Waals surface area contributed by atoms with E-state index in [2.05, 4.69) is 4.98 Å². The van der Waals surface area contributed by atoms with Crippen LogP contribution in [-0.2, 0) is 10.3 Å². The fraction of sp³-hybridized carbons (Fsp3) is 0.429. The second-order valence-corrected chi connectivity index (χ2v) is 8.19. The monoisotopic (exact) mass is 385 g/mol. The molecule has 0 N–H and O–H groups in total. The summed E-state index contributed by atoms with van der Waals surface area (Å²) >= 11 is 1.70. The van der Waals surface area contributed by atoms with E-state index >= 15 is 0 Å². The predicted molar refractivity (Wildman–Crippen MR) is 105 cm³/mol. The predicted octanol–water partition coefficient (Wildman–Crippen LogP) is 5.53. The summed E-state index contributed by atoms with van der Waals surface area (Å²) in [6.45, 7) is 5.92. The van der Waals surface area contributed by atoms with Crippen molar-refractivity contribution in [3.05, 3.63) is 45.6 Å². The van der Waals surface area contributed by atoms with Gasteiger partial charge in [-0.2, -0.15) is 0 Å². The number of hydrogen-bond acceptors (Lipinski definition) is 6. The van der Waals surface area contributed by atoms with Gasteiger partial charge in [-0.15, -0.1) is 11.3 Å². The first kappa shape index (κ1) is 18.0. The van der Waals surface area contributed by atoms with E-state index in [0.29, 0.717) is 23.5 Å². The molecule has 0 amide bonds. The lowest BCUT2D eigenvalue weighted by Gasteiger charge is -2.29. The average molecular weight is 385 g/mol. The Hall–Kier alpha value is -2.34. The molecule has 142 valence electrons. The number of nitrogens with zero attached hydrogens (tertiary/aromatic N) is 1. The number of carbonyl (C=O) groups excluding carboxylic acids is 1. The highest BCUT2D eigenvalue weighted by molar-refractivity contribution is 7.11. The van der Waals surface area contributed by atoms with E-state index in [1.54, 1.807) is 25.2 Å². The van der Waals surface area contributed by atoms with Crippen LogP contribution in [0.25, 0.3) is 11.0 Å².